The molecule has 1 saturated carbocycles. The van der Waals surface area contributed by atoms with Crippen molar-refractivity contribution in [3.8, 4) is 0 Å². The van der Waals surface area contributed by atoms with Crippen LogP contribution in [0, 0.1) is 5.92 Å². The van der Waals surface area contributed by atoms with E-state index in [0.29, 0.717) is 12.5 Å². The number of carbonyl (C=O) groups is 1. The van der Waals surface area contributed by atoms with Gasteiger partial charge in [0.05, 0.1) is 11.6 Å². The summed E-state index contributed by atoms with van der Waals surface area (Å²) < 4.78 is 5.55. The summed E-state index contributed by atoms with van der Waals surface area (Å²) in [6, 6.07) is 9.85. The van der Waals surface area contributed by atoms with Gasteiger partial charge in [0.2, 0.25) is 0 Å². The van der Waals surface area contributed by atoms with Crippen LogP contribution in [0.1, 0.15) is 39.2 Å². The number of likely N-dealkylation sites (tertiary alicyclic amines) is 1. The van der Waals surface area contributed by atoms with Gasteiger partial charge < -0.3 is 9.84 Å². The van der Waals surface area contributed by atoms with E-state index < -0.39 is 17.2 Å². The van der Waals surface area contributed by atoms with Crippen molar-refractivity contribution in [2.45, 2.75) is 50.9 Å². The number of piperidine rings is 1. The number of aliphatic hydroxyl groups is 1. The van der Waals surface area contributed by atoms with Crippen LogP contribution in [0.3, 0.4) is 0 Å². The average molecular weight is 289 g/mol. The third-order valence-corrected chi connectivity index (χ3v) is 4.52. The molecule has 1 aliphatic heterocycles. The Morgan fingerprint density at radius 1 is 1.33 bits per heavy atom. The molecule has 4 heteroatoms. The number of aliphatic hydroxyl groups excluding tert-OH is 1. The standard InChI is InChI=1S/C17H23NO3/c1-16(2,3)21-15(20)18-11-12-9-14(19)17(18,10-12)13-7-5-4-6-8-13/h4-8,12,14,19H,9-11H2,1-3H3. The largest absolute Gasteiger partial charge is 0.444 e. The van der Waals surface area contributed by atoms with Crippen LogP contribution in [0.4, 0.5) is 4.79 Å². The van der Waals surface area contributed by atoms with Crippen LogP contribution >= 0.6 is 0 Å². The van der Waals surface area contributed by atoms with Crippen LogP contribution in [0.5, 0.6) is 0 Å². The van der Waals surface area contributed by atoms with Gasteiger partial charge in [-0.15, -0.1) is 0 Å². The molecule has 3 atom stereocenters. The maximum absolute atomic E-state index is 12.6. The van der Waals surface area contributed by atoms with Gasteiger partial charge in [-0.25, -0.2) is 4.79 Å². The van der Waals surface area contributed by atoms with Crippen molar-refractivity contribution in [3.05, 3.63) is 35.9 Å². The second-order valence-electron chi connectivity index (χ2n) is 7.20. The number of benzene rings is 1. The molecular weight excluding hydrogens is 266 g/mol. The van der Waals surface area contributed by atoms with Gasteiger partial charge in [-0.2, -0.15) is 0 Å². The molecule has 4 nitrogen and oxygen atoms in total. The molecule has 1 aromatic carbocycles. The number of hydrogen-bond donors (Lipinski definition) is 1. The zero-order valence-corrected chi connectivity index (χ0v) is 12.9. The summed E-state index contributed by atoms with van der Waals surface area (Å²) in [4.78, 5) is 14.3. The zero-order valence-electron chi connectivity index (χ0n) is 12.9. The molecule has 2 fully saturated rings. The Kier molecular flexibility index (Phi) is 3.24. The minimum atomic E-state index is -0.617. The van der Waals surface area contributed by atoms with E-state index in [0.717, 1.165) is 18.4 Å². The molecule has 1 aromatic rings. The number of hydrogen-bond acceptors (Lipinski definition) is 3. The fourth-order valence-corrected chi connectivity index (χ4v) is 3.77. The Hall–Kier alpha value is -1.55. The van der Waals surface area contributed by atoms with Gasteiger partial charge in [0.1, 0.15) is 5.60 Å². The van der Waals surface area contributed by atoms with Gasteiger partial charge in [-0.3, -0.25) is 4.90 Å². The molecule has 0 aromatic heterocycles. The Morgan fingerprint density at radius 3 is 2.57 bits per heavy atom. The number of carbonyl (C=O) groups excluding carboxylic acids is 1. The fraction of sp³-hybridized carbons (Fsp3) is 0.588. The quantitative estimate of drug-likeness (QED) is 0.865. The molecular formula is C17H23NO3. The first-order chi connectivity index (χ1) is 9.83. The molecule has 1 saturated heterocycles. The summed E-state index contributed by atoms with van der Waals surface area (Å²) in [5.41, 5.74) is -0.140. The zero-order chi connectivity index (χ0) is 15.3. The topological polar surface area (TPSA) is 49.8 Å². The summed E-state index contributed by atoms with van der Waals surface area (Å²) in [5.74, 6) is 0.354. The highest BCUT2D eigenvalue weighted by molar-refractivity contribution is 5.71. The lowest BCUT2D eigenvalue weighted by Gasteiger charge is -2.42. The van der Waals surface area contributed by atoms with Crippen molar-refractivity contribution in [1.82, 2.24) is 4.90 Å². The average Bonchev–Trinajstić information content (AvgIpc) is 2.93. The van der Waals surface area contributed by atoms with Crippen LogP contribution in [-0.4, -0.2) is 34.3 Å². The number of nitrogens with zero attached hydrogens (tertiary/aromatic N) is 1. The Bertz CT molecular complexity index is 537. The predicted octanol–water partition coefficient (Wildman–Crippen LogP) is 2.90. The highest BCUT2D eigenvalue weighted by atomic mass is 16.6. The lowest BCUT2D eigenvalue weighted by molar-refractivity contribution is -0.0401. The van der Waals surface area contributed by atoms with Crippen LogP contribution in [0.15, 0.2) is 30.3 Å². The Balaban J connectivity index is 1.96. The maximum atomic E-state index is 12.6. The van der Waals surface area contributed by atoms with Gasteiger partial charge in [-0.05, 0) is 45.1 Å². The molecule has 2 bridgehead atoms. The fourth-order valence-electron chi connectivity index (χ4n) is 3.77. The summed E-state index contributed by atoms with van der Waals surface area (Å²) >= 11 is 0. The van der Waals surface area contributed by atoms with Crippen LogP contribution in [0.25, 0.3) is 0 Å². The maximum Gasteiger partial charge on any atom is 0.411 e. The molecule has 2 aliphatic rings. The minimum absolute atomic E-state index is 0.326. The molecule has 1 aliphatic carbocycles. The molecule has 21 heavy (non-hydrogen) atoms. The van der Waals surface area contributed by atoms with E-state index in [1.807, 2.05) is 51.1 Å². The van der Waals surface area contributed by atoms with Crippen molar-refractivity contribution in [1.29, 1.82) is 0 Å². The van der Waals surface area contributed by atoms with Crippen LogP contribution in [0.2, 0.25) is 0 Å². The second kappa shape index (κ2) is 4.73. The summed E-state index contributed by atoms with van der Waals surface area (Å²) in [6.07, 6.45) is 0.727. The molecule has 114 valence electrons. The monoisotopic (exact) mass is 289 g/mol. The molecule has 1 amide bonds. The highest BCUT2D eigenvalue weighted by Gasteiger charge is 2.60. The van der Waals surface area contributed by atoms with E-state index in [4.69, 9.17) is 4.74 Å². The Labute approximate surface area is 125 Å². The normalized spacial score (nSPS) is 31.5. The Morgan fingerprint density at radius 2 is 2.00 bits per heavy atom. The molecule has 3 rings (SSSR count). The number of rotatable bonds is 1. The van der Waals surface area contributed by atoms with Gasteiger partial charge >= 0.3 is 6.09 Å². The number of ether oxygens (including phenoxy) is 1. The molecule has 0 radical (unpaired) electrons. The second-order valence-corrected chi connectivity index (χ2v) is 7.20. The smallest absolute Gasteiger partial charge is 0.411 e. The first kappa shape index (κ1) is 14.4. The number of fused-ring (bicyclic) bond motifs is 2. The van der Waals surface area contributed by atoms with Crippen molar-refractivity contribution in [3.63, 3.8) is 0 Å². The third-order valence-electron chi connectivity index (χ3n) is 4.52. The van der Waals surface area contributed by atoms with E-state index in [2.05, 4.69) is 0 Å². The van der Waals surface area contributed by atoms with E-state index >= 15 is 0 Å². The molecule has 0 spiro atoms. The summed E-state index contributed by atoms with van der Waals surface area (Å²) in [7, 11) is 0. The van der Waals surface area contributed by atoms with Crippen molar-refractivity contribution in [2.24, 2.45) is 5.92 Å². The minimum Gasteiger partial charge on any atom is -0.444 e. The van der Waals surface area contributed by atoms with Crippen molar-refractivity contribution < 1.29 is 14.6 Å². The van der Waals surface area contributed by atoms with Crippen LogP contribution in [-0.2, 0) is 10.3 Å². The van der Waals surface area contributed by atoms with Gasteiger partial charge in [0, 0.05) is 6.54 Å². The molecule has 3 unspecified atom stereocenters. The first-order valence-corrected chi connectivity index (χ1v) is 7.57. The first-order valence-electron chi connectivity index (χ1n) is 7.57. The van der Waals surface area contributed by atoms with Gasteiger partial charge in [0.25, 0.3) is 0 Å². The van der Waals surface area contributed by atoms with E-state index in [1.165, 1.54) is 0 Å². The molecule has 1 N–H and O–H groups in total. The number of amides is 1. The SMILES string of the molecule is CC(C)(C)OC(=O)N1CC2CC(O)C1(c1ccccc1)C2. The third kappa shape index (κ3) is 2.31. The summed E-state index contributed by atoms with van der Waals surface area (Å²) in [6.45, 7) is 6.27. The molecule has 1 heterocycles. The van der Waals surface area contributed by atoms with E-state index in [-0.39, 0.29) is 6.09 Å². The predicted molar refractivity (Wildman–Crippen MR) is 79.8 cm³/mol. The van der Waals surface area contributed by atoms with Crippen LogP contribution < -0.4 is 0 Å². The van der Waals surface area contributed by atoms with Gasteiger partial charge in [-0.1, -0.05) is 30.3 Å². The lowest BCUT2D eigenvalue weighted by atomic mass is 9.86. The van der Waals surface area contributed by atoms with Crippen molar-refractivity contribution in [2.75, 3.05) is 6.54 Å². The summed E-state index contributed by atoms with van der Waals surface area (Å²) in [5, 5.41) is 10.6. The van der Waals surface area contributed by atoms with E-state index in [9.17, 15) is 9.90 Å². The van der Waals surface area contributed by atoms with Gasteiger partial charge in [0.15, 0.2) is 0 Å². The van der Waals surface area contributed by atoms with E-state index in [1.54, 1.807) is 4.90 Å². The lowest BCUT2D eigenvalue weighted by Crippen LogP contribution is -2.54. The highest BCUT2D eigenvalue weighted by Crippen LogP contribution is 2.53. The van der Waals surface area contributed by atoms with Crippen molar-refractivity contribution >= 4 is 6.09 Å².